The van der Waals surface area contributed by atoms with E-state index >= 15 is 0 Å². The number of rotatable bonds is 11. The Labute approximate surface area is 204 Å². The summed E-state index contributed by atoms with van der Waals surface area (Å²) in [7, 11) is 0. The number of hydrogen-bond acceptors (Lipinski definition) is 5. The first-order valence-electron chi connectivity index (χ1n) is 11.3. The van der Waals surface area contributed by atoms with Gasteiger partial charge in [0.15, 0.2) is 0 Å². The van der Waals surface area contributed by atoms with Crippen LogP contribution in [0.4, 0.5) is 4.79 Å². The van der Waals surface area contributed by atoms with Crippen molar-refractivity contribution < 1.29 is 24.2 Å². The Morgan fingerprint density at radius 2 is 1.65 bits per heavy atom. The fraction of sp³-hybridized carbons (Fsp3) is 0.423. The second-order valence-corrected chi connectivity index (χ2v) is 10.2. The molecule has 1 aliphatic carbocycles. The van der Waals surface area contributed by atoms with Gasteiger partial charge >= 0.3 is 12.1 Å². The van der Waals surface area contributed by atoms with Crippen LogP contribution in [0.2, 0.25) is 0 Å². The van der Waals surface area contributed by atoms with Crippen molar-refractivity contribution in [2.24, 2.45) is 5.41 Å². The van der Waals surface area contributed by atoms with Crippen molar-refractivity contribution >= 4 is 29.7 Å². The van der Waals surface area contributed by atoms with Gasteiger partial charge in [0, 0.05) is 12.5 Å². The third-order valence-electron chi connectivity index (χ3n) is 5.93. The lowest BCUT2D eigenvalue weighted by Crippen LogP contribution is -2.49. The summed E-state index contributed by atoms with van der Waals surface area (Å²) in [6.07, 6.45) is 1.66. The molecule has 3 rings (SSSR count). The van der Waals surface area contributed by atoms with E-state index < -0.39 is 23.5 Å². The summed E-state index contributed by atoms with van der Waals surface area (Å²) in [4.78, 5) is 36.4. The molecule has 0 heterocycles. The highest BCUT2D eigenvalue weighted by atomic mass is 32.2. The molecular formula is C26H32N2O5S. The van der Waals surface area contributed by atoms with Gasteiger partial charge in [-0.2, -0.15) is 11.8 Å². The molecule has 0 aliphatic heterocycles. The first kappa shape index (κ1) is 25.6. The zero-order valence-electron chi connectivity index (χ0n) is 19.8. The van der Waals surface area contributed by atoms with Crippen molar-refractivity contribution in [3.63, 3.8) is 0 Å². The third kappa shape index (κ3) is 6.53. The second kappa shape index (κ2) is 11.4. The molecule has 0 saturated carbocycles. The lowest BCUT2D eigenvalue weighted by Gasteiger charge is -2.25. The summed E-state index contributed by atoms with van der Waals surface area (Å²) in [6.45, 7) is 3.91. The molecule has 3 N–H and O–H groups in total. The fourth-order valence-corrected chi connectivity index (χ4v) is 4.68. The van der Waals surface area contributed by atoms with Gasteiger partial charge in [-0.25, -0.2) is 4.79 Å². The van der Waals surface area contributed by atoms with Gasteiger partial charge in [0.2, 0.25) is 5.91 Å². The molecule has 0 aromatic heterocycles. The van der Waals surface area contributed by atoms with Gasteiger partial charge in [0.05, 0.1) is 6.42 Å². The minimum absolute atomic E-state index is 0.0616. The first-order chi connectivity index (χ1) is 16.2. The number of carboxylic acids is 1. The number of carboxylic acid groups (broad SMARTS) is 1. The molecule has 0 radical (unpaired) electrons. The highest BCUT2D eigenvalue weighted by Crippen LogP contribution is 2.44. The van der Waals surface area contributed by atoms with Crippen molar-refractivity contribution in [2.45, 2.75) is 38.6 Å². The fourth-order valence-electron chi connectivity index (χ4n) is 4.21. The average molecular weight is 485 g/mol. The van der Waals surface area contributed by atoms with Crippen LogP contribution in [-0.4, -0.2) is 54.3 Å². The second-order valence-electron chi connectivity index (χ2n) is 9.26. The third-order valence-corrected chi connectivity index (χ3v) is 6.58. The first-order valence-corrected chi connectivity index (χ1v) is 12.7. The summed E-state index contributed by atoms with van der Waals surface area (Å²) in [5.74, 6) is -0.648. The van der Waals surface area contributed by atoms with E-state index in [1.165, 1.54) is 0 Å². The van der Waals surface area contributed by atoms with Crippen molar-refractivity contribution in [3.8, 4) is 11.1 Å². The van der Waals surface area contributed by atoms with Gasteiger partial charge in [-0.1, -0.05) is 62.4 Å². The largest absolute Gasteiger partial charge is 0.481 e. The molecule has 7 nitrogen and oxygen atoms in total. The van der Waals surface area contributed by atoms with Crippen LogP contribution >= 0.6 is 11.8 Å². The van der Waals surface area contributed by atoms with Gasteiger partial charge in [-0.3, -0.25) is 9.59 Å². The molecule has 0 fully saturated rings. The van der Waals surface area contributed by atoms with E-state index in [9.17, 15) is 14.4 Å². The van der Waals surface area contributed by atoms with Gasteiger partial charge in [0.25, 0.3) is 0 Å². The zero-order valence-corrected chi connectivity index (χ0v) is 20.6. The number of ether oxygens (including phenoxy) is 1. The van der Waals surface area contributed by atoms with E-state index in [-0.39, 0.29) is 31.4 Å². The van der Waals surface area contributed by atoms with Crippen LogP contribution in [0.5, 0.6) is 0 Å². The van der Waals surface area contributed by atoms with E-state index in [0.29, 0.717) is 12.2 Å². The maximum atomic E-state index is 12.8. The zero-order chi connectivity index (χ0) is 24.7. The van der Waals surface area contributed by atoms with E-state index in [1.807, 2.05) is 30.5 Å². The number of thioether (sulfide) groups is 1. The quantitative estimate of drug-likeness (QED) is 0.440. The number of fused-ring (bicyclic) bond motifs is 3. The van der Waals surface area contributed by atoms with E-state index in [1.54, 1.807) is 25.6 Å². The molecular weight excluding hydrogens is 452 g/mol. The van der Waals surface area contributed by atoms with Crippen LogP contribution < -0.4 is 10.6 Å². The predicted octanol–water partition coefficient (Wildman–Crippen LogP) is 4.26. The predicted molar refractivity (Wildman–Crippen MR) is 134 cm³/mol. The van der Waals surface area contributed by atoms with Crippen molar-refractivity contribution in [1.82, 2.24) is 10.6 Å². The van der Waals surface area contributed by atoms with Crippen LogP contribution in [0.15, 0.2) is 48.5 Å². The topological polar surface area (TPSA) is 105 Å². The number of alkyl carbamates (subject to hydrolysis) is 1. The SMILES string of the molecule is CSCC[C@@H](NC(=O)OCC1c2ccccc2-c2ccccc21)C(=O)NCC(C)(C)CC(=O)O. The number of nitrogens with one attached hydrogen (secondary N) is 2. The number of benzene rings is 2. The van der Waals surface area contributed by atoms with Crippen LogP contribution in [0.1, 0.15) is 43.7 Å². The minimum Gasteiger partial charge on any atom is -0.481 e. The molecule has 1 aliphatic rings. The van der Waals surface area contributed by atoms with Crippen LogP contribution in [0, 0.1) is 5.41 Å². The summed E-state index contributed by atoms with van der Waals surface area (Å²) < 4.78 is 5.58. The van der Waals surface area contributed by atoms with Crippen LogP contribution in [0.3, 0.4) is 0 Å². The van der Waals surface area contributed by atoms with Crippen molar-refractivity contribution in [2.75, 3.05) is 25.2 Å². The normalized spacial score (nSPS) is 13.5. The Morgan fingerprint density at radius 3 is 2.21 bits per heavy atom. The molecule has 0 unspecified atom stereocenters. The Balaban J connectivity index is 1.61. The van der Waals surface area contributed by atoms with E-state index in [4.69, 9.17) is 9.84 Å². The lowest BCUT2D eigenvalue weighted by molar-refractivity contribution is -0.139. The van der Waals surface area contributed by atoms with Crippen LogP contribution in [0.25, 0.3) is 11.1 Å². The monoisotopic (exact) mass is 484 g/mol. The Morgan fingerprint density at radius 1 is 1.06 bits per heavy atom. The van der Waals surface area contributed by atoms with Gasteiger partial charge in [-0.05, 0) is 46.1 Å². The molecule has 2 aromatic rings. The van der Waals surface area contributed by atoms with Gasteiger partial charge < -0.3 is 20.5 Å². The summed E-state index contributed by atoms with van der Waals surface area (Å²) in [6, 6.07) is 15.4. The number of amides is 2. The molecule has 34 heavy (non-hydrogen) atoms. The molecule has 2 aromatic carbocycles. The summed E-state index contributed by atoms with van der Waals surface area (Å²) in [5, 5.41) is 14.5. The Bertz CT molecular complexity index is 994. The number of carbonyl (C=O) groups is 3. The van der Waals surface area contributed by atoms with Crippen LogP contribution in [-0.2, 0) is 14.3 Å². The molecule has 0 saturated heterocycles. The highest BCUT2D eigenvalue weighted by molar-refractivity contribution is 7.98. The van der Waals surface area contributed by atoms with Crippen molar-refractivity contribution in [3.05, 3.63) is 59.7 Å². The lowest BCUT2D eigenvalue weighted by atomic mass is 9.89. The van der Waals surface area contributed by atoms with E-state index in [0.717, 1.165) is 22.3 Å². The smallest absolute Gasteiger partial charge is 0.407 e. The number of carbonyl (C=O) groups excluding carboxylic acids is 2. The maximum Gasteiger partial charge on any atom is 0.407 e. The maximum absolute atomic E-state index is 12.8. The van der Waals surface area contributed by atoms with Gasteiger partial charge in [0.1, 0.15) is 12.6 Å². The van der Waals surface area contributed by atoms with E-state index in [2.05, 4.69) is 34.9 Å². The Hall–Kier alpha value is -3.00. The summed E-state index contributed by atoms with van der Waals surface area (Å²) >= 11 is 1.57. The molecule has 1 atom stereocenters. The molecule has 2 amide bonds. The average Bonchev–Trinajstić information content (AvgIpc) is 3.12. The molecule has 182 valence electrons. The molecule has 0 spiro atoms. The highest BCUT2D eigenvalue weighted by Gasteiger charge is 2.30. The van der Waals surface area contributed by atoms with Gasteiger partial charge in [-0.15, -0.1) is 0 Å². The molecule has 8 heteroatoms. The number of aliphatic carboxylic acids is 1. The Kier molecular flexibility index (Phi) is 8.61. The standard InChI is InChI=1S/C26H32N2O5S/c1-26(2,14-23(29)30)16-27-24(31)22(12-13-34-3)28-25(32)33-15-21-19-10-6-4-8-17(19)18-9-5-7-11-20(18)21/h4-11,21-22H,12-16H2,1-3H3,(H,27,31)(H,28,32)(H,29,30)/t22-/m1/s1. The minimum atomic E-state index is -0.921. The number of hydrogen-bond donors (Lipinski definition) is 3. The molecule has 0 bridgehead atoms. The van der Waals surface area contributed by atoms with Crippen molar-refractivity contribution in [1.29, 1.82) is 0 Å². The summed E-state index contributed by atoms with van der Waals surface area (Å²) in [5.41, 5.74) is 3.93.